The number of carbonyl (C=O) groups is 2. The summed E-state index contributed by atoms with van der Waals surface area (Å²) in [6.45, 7) is 0.490. The Balaban J connectivity index is 1.87. The first-order valence-corrected chi connectivity index (χ1v) is 7.85. The van der Waals surface area contributed by atoms with E-state index in [9.17, 15) is 9.59 Å². The molecule has 4 nitrogen and oxygen atoms in total. The molecule has 118 valence electrons. The van der Waals surface area contributed by atoms with Gasteiger partial charge in [0.15, 0.2) is 0 Å². The second kappa shape index (κ2) is 6.42. The van der Waals surface area contributed by atoms with Gasteiger partial charge in [0.1, 0.15) is 6.04 Å². The molecule has 23 heavy (non-hydrogen) atoms. The van der Waals surface area contributed by atoms with E-state index >= 15 is 0 Å². The Bertz CT molecular complexity index is 760. The normalized spacial score (nSPS) is 16.7. The van der Waals surface area contributed by atoms with Crippen molar-refractivity contribution in [2.24, 2.45) is 5.73 Å². The topological polar surface area (TPSA) is 63.4 Å². The zero-order chi connectivity index (χ0) is 16.4. The highest BCUT2D eigenvalue weighted by Gasteiger charge is 2.34. The van der Waals surface area contributed by atoms with Crippen LogP contribution in [-0.2, 0) is 22.4 Å². The molecule has 0 fully saturated rings. The Morgan fingerprint density at radius 1 is 1.17 bits per heavy atom. The molecule has 0 aliphatic carbocycles. The Hall–Kier alpha value is -2.33. The maximum atomic E-state index is 12.7. The summed E-state index contributed by atoms with van der Waals surface area (Å²) < 4.78 is 0. The molecule has 0 spiro atoms. The molecular formula is C18H17ClN2O2. The fourth-order valence-electron chi connectivity index (χ4n) is 3.07. The predicted molar refractivity (Wildman–Crippen MR) is 89.0 cm³/mol. The largest absolute Gasteiger partial charge is 0.368 e. The second-order valence-electron chi connectivity index (χ2n) is 5.65. The monoisotopic (exact) mass is 328 g/mol. The first-order chi connectivity index (χ1) is 11.1. The van der Waals surface area contributed by atoms with Gasteiger partial charge in [-0.05, 0) is 35.2 Å². The van der Waals surface area contributed by atoms with Crippen LogP contribution in [-0.4, -0.2) is 23.3 Å². The van der Waals surface area contributed by atoms with Crippen LogP contribution in [0.15, 0.2) is 48.5 Å². The number of primary amides is 1. The van der Waals surface area contributed by atoms with Gasteiger partial charge in [-0.25, -0.2) is 0 Å². The maximum absolute atomic E-state index is 12.7. The first-order valence-electron chi connectivity index (χ1n) is 7.47. The molecule has 0 aromatic heterocycles. The van der Waals surface area contributed by atoms with Crippen molar-refractivity contribution in [1.82, 2.24) is 4.90 Å². The van der Waals surface area contributed by atoms with Crippen LogP contribution in [0.4, 0.5) is 0 Å². The van der Waals surface area contributed by atoms with Crippen molar-refractivity contribution >= 4 is 23.4 Å². The summed E-state index contributed by atoms with van der Waals surface area (Å²) in [5, 5.41) is 0.589. The Labute approximate surface area is 139 Å². The lowest BCUT2D eigenvalue weighted by Crippen LogP contribution is -2.46. The van der Waals surface area contributed by atoms with Gasteiger partial charge in [0.05, 0.1) is 6.42 Å². The lowest BCUT2D eigenvalue weighted by molar-refractivity contribution is -0.139. The molecule has 1 aliphatic rings. The number of nitrogens with zero attached hydrogens (tertiary/aromatic N) is 1. The minimum Gasteiger partial charge on any atom is -0.368 e. The van der Waals surface area contributed by atoms with Crippen molar-refractivity contribution in [2.75, 3.05) is 6.54 Å². The van der Waals surface area contributed by atoms with Crippen molar-refractivity contribution in [2.45, 2.75) is 18.9 Å². The SMILES string of the molecule is NC(=O)C1c2ccccc2CCN1C(=O)Cc1cccc(Cl)c1. The minimum atomic E-state index is -0.702. The number of rotatable bonds is 3. The van der Waals surface area contributed by atoms with Crippen molar-refractivity contribution in [3.05, 3.63) is 70.2 Å². The number of hydrogen-bond acceptors (Lipinski definition) is 2. The quantitative estimate of drug-likeness (QED) is 0.941. The van der Waals surface area contributed by atoms with Crippen LogP contribution in [0, 0.1) is 0 Å². The first kappa shape index (κ1) is 15.6. The van der Waals surface area contributed by atoms with Crippen LogP contribution >= 0.6 is 11.6 Å². The van der Waals surface area contributed by atoms with E-state index in [1.54, 1.807) is 17.0 Å². The highest BCUT2D eigenvalue weighted by Crippen LogP contribution is 2.30. The van der Waals surface area contributed by atoms with Crippen LogP contribution in [0.5, 0.6) is 0 Å². The summed E-state index contributed by atoms with van der Waals surface area (Å²) in [6, 6.07) is 14.1. The van der Waals surface area contributed by atoms with Crippen molar-refractivity contribution in [1.29, 1.82) is 0 Å². The smallest absolute Gasteiger partial charge is 0.244 e. The Kier molecular flexibility index (Phi) is 4.35. The lowest BCUT2D eigenvalue weighted by Gasteiger charge is -2.35. The molecule has 1 aliphatic heterocycles. The maximum Gasteiger partial charge on any atom is 0.244 e. The van der Waals surface area contributed by atoms with Crippen LogP contribution in [0.1, 0.15) is 22.7 Å². The minimum absolute atomic E-state index is 0.120. The third-order valence-corrected chi connectivity index (χ3v) is 4.35. The van der Waals surface area contributed by atoms with Gasteiger partial charge in [0.2, 0.25) is 11.8 Å². The summed E-state index contributed by atoms with van der Waals surface area (Å²) in [6.07, 6.45) is 0.924. The summed E-state index contributed by atoms with van der Waals surface area (Å²) in [7, 11) is 0. The average Bonchev–Trinajstić information content (AvgIpc) is 2.53. The predicted octanol–water partition coefficient (Wildman–Crippen LogP) is 2.49. The van der Waals surface area contributed by atoms with Gasteiger partial charge in [0.25, 0.3) is 0 Å². The molecule has 1 atom stereocenters. The summed E-state index contributed by atoms with van der Waals surface area (Å²) in [4.78, 5) is 26.2. The molecule has 0 saturated heterocycles. The summed E-state index contributed by atoms with van der Waals surface area (Å²) >= 11 is 5.96. The molecule has 1 unspecified atom stereocenters. The van der Waals surface area contributed by atoms with Gasteiger partial charge in [-0.2, -0.15) is 0 Å². The van der Waals surface area contributed by atoms with E-state index in [4.69, 9.17) is 17.3 Å². The average molecular weight is 329 g/mol. The van der Waals surface area contributed by atoms with Gasteiger partial charge < -0.3 is 10.6 Å². The Morgan fingerprint density at radius 2 is 1.96 bits per heavy atom. The van der Waals surface area contributed by atoms with Crippen LogP contribution < -0.4 is 5.73 Å². The van der Waals surface area contributed by atoms with Gasteiger partial charge >= 0.3 is 0 Å². The van der Waals surface area contributed by atoms with E-state index in [1.165, 1.54) is 0 Å². The third-order valence-electron chi connectivity index (χ3n) is 4.12. The van der Waals surface area contributed by atoms with E-state index < -0.39 is 11.9 Å². The molecule has 3 rings (SSSR count). The van der Waals surface area contributed by atoms with Gasteiger partial charge in [-0.1, -0.05) is 48.0 Å². The molecule has 2 N–H and O–H groups in total. The zero-order valence-corrected chi connectivity index (χ0v) is 13.3. The van der Waals surface area contributed by atoms with E-state index in [0.29, 0.717) is 11.6 Å². The standard InChI is InChI=1S/C18H17ClN2O2/c19-14-6-3-4-12(10-14)11-16(22)21-9-8-13-5-1-2-7-15(13)17(21)18(20)23/h1-7,10,17H,8-9,11H2,(H2,20,23). The van der Waals surface area contributed by atoms with E-state index in [2.05, 4.69) is 0 Å². The number of benzene rings is 2. The second-order valence-corrected chi connectivity index (χ2v) is 6.08. The number of hydrogen-bond donors (Lipinski definition) is 1. The fourth-order valence-corrected chi connectivity index (χ4v) is 3.28. The van der Waals surface area contributed by atoms with E-state index in [0.717, 1.165) is 23.1 Å². The molecule has 0 bridgehead atoms. The highest BCUT2D eigenvalue weighted by molar-refractivity contribution is 6.30. The zero-order valence-electron chi connectivity index (χ0n) is 12.5. The molecule has 0 radical (unpaired) electrons. The van der Waals surface area contributed by atoms with Gasteiger partial charge in [-0.3, -0.25) is 9.59 Å². The van der Waals surface area contributed by atoms with Crippen LogP contribution in [0.25, 0.3) is 0 Å². The molecule has 2 aromatic rings. The molecular weight excluding hydrogens is 312 g/mol. The van der Waals surface area contributed by atoms with Gasteiger partial charge in [0, 0.05) is 11.6 Å². The van der Waals surface area contributed by atoms with Gasteiger partial charge in [-0.15, -0.1) is 0 Å². The lowest BCUT2D eigenvalue weighted by atomic mass is 9.91. The summed E-state index contributed by atoms with van der Waals surface area (Å²) in [5.41, 5.74) is 8.29. The van der Waals surface area contributed by atoms with Crippen molar-refractivity contribution in [3.8, 4) is 0 Å². The fraction of sp³-hybridized carbons (Fsp3) is 0.222. The molecule has 2 amide bonds. The molecule has 1 heterocycles. The number of fused-ring (bicyclic) bond motifs is 1. The van der Waals surface area contributed by atoms with E-state index in [-0.39, 0.29) is 12.3 Å². The van der Waals surface area contributed by atoms with Crippen LogP contribution in [0.2, 0.25) is 5.02 Å². The molecule has 0 saturated carbocycles. The van der Waals surface area contributed by atoms with Crippen molar-refractivity contribution < 1.29 is 9.59 Å². The number of amides is 2. The summed E-state index contributed by atoms with van der Waals surface area (Å²) in [5.74, 6) is -0.623. The number of nitrogens with two attached hydrogens (primary N) is 1. The number of carbonyl (C=O) groups excluding carboxylic acids is 2. The van der Waals surface area contributed by atoms with Crippen LogP contribution in [0.3, 0.4) is 0 Å². The number of halogens is 1. The Morgan fingerprint density at radius 3 is 2.70 bits per heavy atom. The van der Waals surface area contributed by atoms with Crippen molar-refractivity contribution in [3.63, 3.8) is 0 Å². The van der Waals surface area contributed by atoms with E-state index in [1.807, 2.05) is 36.4 Å². The molecule has 2 aromatic carbocycles. The highest BCUT2D eigenvalue weighted by atomic mass is 35.5. The third kappa shape index (κ3) is 3.22. The molecule has 5 heteroatoms.